The molecule has 1 saturated heterocycles. The van der Waals surface area contributed by atoms with Crippen LogP contribution in [-0.4, -0.2) is 29.9 Å². The van der Waals surface area contributed by atoms with Crippen LogP contribution >= 0.6 is 0 Å². The van der Waals surface area contributed by atoms with Crippen LogP contribution in [0.5, 0.6) is 0 Å². The first-order valence-corrected chi connectivity index (χ1v) is 8.97. The third kappa shape index (κ3) is 3.51. The summed E-state index contributed by atoms with van der Waals surface area (Å²) in [7, 11) is 0. The van der Waals surface area contributed by atoms with Crippen molar-refractivity contribution in [2.75, 3.05) is 13.1 Å². The lowest BCUT2D eigenvalue weighted by atomic mass is 10.1. The fourth-order valence-corrected chi connectivity index (χ4v) is 3.68. The van der Waals surface area contributed by atoms with Crippen molar-refractivity contribution in [3.05, 3.63) is 71.3 Å². The van der Waals surface area contributed by atoms with E-state index in [9.17, 15) is 4.79 Å². The highest BCUT2D eigenvalue weighted by Gasteiger charge is 2.39. The summed E-state index contributed by atoms with van der Waals surface area (Å²) in [6, 6.07) is 18.8. The summed E-state index contributed by atoms with van der Waals surface area (Å²) in [4.78, 5) is 15.0. The van der Waals surface area contributed by atoms with Crippen molar-refractivity contribution in [1.82, 2.24) is 10.2 Å². The highest BCUT2D eigenvalue weighted by atomic mass is 16.1. The summed E-state index contributed by atoms with van der Waals surface area (Å²) in [5.41, 5.74) is 3.34. The summed E-state index contributed by atoms with van der Waals surface area (Å²) >= 11 is 0. The topological polar surface area (TPSA) is 32.3 Å². The number of nitrogens with zero attached hydrogens (tertiary/aromatic N) is 1. The van der Waals surface area contributed by atoms with Gasteiger partial charge in [0, 0.05) is 24.1 Å². The van der Waals surface area contributed by atoms with Crippen molar-refractivity contribution in [1.29, 1.82) is 0 Å². The summed E-state index contributed by atoms with van der Waals surface area (Å²) in [6.07, 6.45) is 3.63. The maximum absolute atomic E-state index is 12.5. The maximum Gasteiger partial charge on any atom is 0.251 e. The molecule has 24 heavy (non-hydrogen) atoms. The van der Waals surface area contributed by atoms with Crippen LogP contribution in [0, 0.1) is 0 Å². The number of hydrogen-bond donors (Lipinski definition) is 1. The first kappa shape index (κ1) is 15.4. The molecule has 3 heteroatoms. The quantitative estimate of drug-likeness (QED) is 0.913. The minimum Gasteiger partial charge on any atom is -0.349 e. The van der Waals surface area contributed by atoms with Gasteiger partial charge in [0.05, 0.1) is 0 Å². The number of carbonyl (C=O) groups excluding carboxylic acids is 1. The lowest BCUT2D eigenvalue weighted by molar-refractivity contribution is 0.0950. The standard InChI is InChI=1S/C21H24N2O/c24-21(22-20-14-19(20)17-8-2-1-3-9-17)18-10-6-7-16(13-18)15-23-11-4-5-12-23/h1-3,6-10,13,19-20H,4-5,11-12,14-15H2,(H,22,24)/t19-,20-/m0/s1. The van der Waals surface area contributed by atoms with Crippen molar-refractivity contribution in [3.8, 4) is 0 Å². The second-order valence-corrected chi connectivity index (χ2v) is 7.02. The number of benzene rings is 2. The van der Waals surface area contributed by atoms with Crippen molar-refractivity contribution in [2.24, 2.45) is 0 Å². The van der Waals surface area contributed by atoms with Gasteiger partial charge in [-0.15, -0.1) is 0 Å². The number of rotatable bonds is 5. The van der Waals surface area contributed by atoms with Gasteiger partial charge in [0.2, 0.25) is 0 Å². The van der Waals surface area contributed by atoms with Crippen LogP contribution in [0.1, 0.15) is 46.7 Å². The van der Waals surface area contributed by atoms with E-state index in [4.69, 9.17) is 0 Å². The fraction of sp³-hybridized carbons (Fsp3) is 0.381. The molecule has 0 unspecified atom stereocenters. The Morgan fingerprint density at radius 3 is 2.62 bits per heavy atom. The SMILES string of the molecule is O=C(N[C@H]1C[C@H]1c1ccccc1)c1cccc(CN2CCCC2)c1. The Labute approximate surface area is 143 Å². The number of amides is 1. The van der Waals surface area contributed by atoms with Gasteiger partial charge in [0.1, 0.15) is 0 Å². The molecule has 2 aliphatic rings. The molecular weight excluding hydrogens is 296 g/mol. The number of carbonyl (C=O) groups is 1. The zero-order valence-electron chi connectivity index (χ0n) is 13.9. The van der Waals surface area contributed by atoms with Crippen LogP contribution in [0.3, 0.4) is 0 Å². The third-order valence-electron chi connectivity index (χ3n) is 5.13. The lowest BCUT2D eigenvalue weighted by Crippen LogP contribution is -2.27. The Morgan fingerprint density at radius 1 is 1.04 bits per heavy atom. The van der Waals surface area contributed by atoms with E-state index in [1.54, 1.807) is 0 Å². The molecular formula is C21H24N2O. The molecule has 0 spiro atoms. The van der Waals surface area contributed by atoms with Crippen LogP contribution in [0.4, 0.5) is 0 Å². The minimum atomic E-state index is 0.0571. The Balaban J connectivity index is 1.36. The Kier molecular flexibility index (Phi) is 4.35. The van der Waals surface area contributed by atoms with E-state index in [0.717, 1.165) is 18.5 Å². The van der Waals surface area contributed by atoms with Crippen LogP contribution < -0.4 is 5.32 Å². The van der Waals surface area contributed by atoms with E-state index < -0.39 is 0 Å². The predicted molar refractivity (Wildman–Crippen MR) is 96.0 cm³/mol. The van der Waals surface area contributed by atoms with Crippen molar-refractivity contribution < 1.29 is 4.79 Å². The van der Waals surface area contributed by atoms with Gasteiger partial charge in [-0.25, -0.2) is 0 Å². The summed E-state index contributed by atoms with van der Waals surface area (Å²) < 4.78 is 0. The van der Waals surface area contributed by atoms with Crippen LogP contribution in [0.2, 0.25) is 0 Å². The molecule has 0 radical (unpaired) electrons. The Morgan fingerprint density at radius 2 is 1.83 bits per heavy atom. The Bertz CT molecular complexity index is 707. The van der Waals surface area contributed by atoms with Gasteiger partial charge >= 0.3 is 0 Å². The predicted octanol–water partition coefficient (Wildman–Crippen LogP) is 3.57. The molecule has 2 aromatic rings. The van der Waals surface area contributed by atoms with E-state index in [1.807, 2.05) is 24.3 Å². The van der Waals surface area contributed by atoms with E-state index in [1.165, 1.54) is 37.1 Å². The molecule has 1 heterocycles. The van der Waals surface area contributed by atoms with Crippen LogP contribution in [0.15, 0.2) is 54.6 Å². The highest BCUT2D eigenvalue weighted by Crippen LogP contribution is 2.40. The molecule has 4 rings (SSSR count). The van der Waals surface area contributed by atoms with E-state index in [2.05, 4.69) is 40.5 Å². The van der Waals surface area contributed by atoms with Crippen LogP contribution in [-0.2, 0) is 6.54 Å². The van der Waals surface area contributed by atoms with Gasteiger partial charge in [0.15, 0.2) is 0 Å². The molecule has 2 aromatic carbocycles. The number of nitrogens with one attached hydrogen (secondary N) is 1. The molecule has 3 nitrogen and oxygen atoms in total. The molecule has 1 aliphatic heterocycles. The van der Waals surface area contributed by atoms with Gasteiger partial charge in [-0.05, 0) is 55.6 Å². The monoisotopic (exact) mass is 320 g/mol. The number of likely N-dealkylation sites (tertiary alicyclic amines) is 1. The van der Waals surface area contributed by atoms with Crippen molar-refractivity contribution >= 4 is 5.91 Å². The average molecular weight is 320 g/mol. The normalized spacial score (nSPS) is 23.2. The van der Waals surface area contributed by atoms with E-state index >= 15 is 0 Å². The van der Waals surface area contributed by atoms with Crippen molar-refractivity contribution in [3.63, 3.8) is 0 Å². The van der Waals surface area contributed by atoms with Gasteiger partial charge < -0.3 is 5.32 Å². The molecule has 124 valence electrons. The second-order valence-electron chi connectivity index (χ2n) is 7.02. The Hall–Kier alpha value is -2.13. The molecule has 2 atom stereocenters. The van der Waals surface area contributed by atoms with Crippen molar-refractivity contribution in [2.45, 2.75) is 37.8 Å². The third-order valence-corrected chi connectivity index (χ3v) is 5.13. The molecule has 1 N–H and O–H groups in total. The minimum absolute atomic E-state index is 0.0571. The average Bonchev–Trinajstić information content (AvgIpc) is 3.19. The highest BCUT2D eigenvalue weighted by molar-refractivity contribution is 5.94. The van der Waals surface area contributed by atoms with E-state index in [-0.39, 0.29) is 11.9 Å². The van der Waals surface area contributed by atoms with E-state index in [0.29, 0.717) is 5.92 Å². The van der Waals surface area contributed by atoms with Gasteiger partial charge in [-0.2, -0.15) is 0 Å². The zero-order valence-corrected chi connectivity index (χ0v) is 13.9. The van der Waals surface area contributed by atoms with Gasteiger partial charge in [-0.1, -0.05) is 42.5 Å². The summed E-state index contributed by atoms with van der Waals surface area (Å²) in [5.74, 6) is 0.532. The smallest absolute Gasteiger partial charge is 0.251 e. The first-order valence-electron chi connectivity index (χ1n) is 8.97. The second kappa shape index (κ2) is 6.78. The molecule has 2 fully saturated rings. The zero-order chi connectivity index (χ0) is 16.4. The summed E-state index contributed by atoms with van der Waals surface area (Å²) in [6.45, 7) is 3.31. The maximum atomic E-state index is 12.5. The molecule has 0 bridgehead atoms. The molecule has 1 aliphatic carbocycles. The summed E-state index contributed by atoms with van der Waals surface area (Å²) in [5, 5.41) is 3.19. The fourth-order valence-electron chi connectivity index (χ4n) is 3.68. The largest absolute Gasteiger partial charge is 0.349 e. The van der Waals surface area contributed by atoms with Gasteiger partial charge in [0.25, 0.3) is 5.91 Å². The number of hydrogen-bond acceptors (Lipinski definition) is 2. The first-order chi connectivity index (χ1) is 11.8. The molecule has 1 amide bonds. The molecule has 1 saturated carbocycles. The molecule has 0 aromatic heterocycles. The lowest BCUT2D eigenvalue weighted by Gasteiger charge is -2.15. The van der Waals surface area contributed by atoms with Gasteiger partial charge in [-0.3, -0.25) is 9.69 Å². The van der Waals surface area contributed by atoms with Crippen LogP contribution in [0.25, 0.3) is 0 Å².